The van der Waals surface area contributed by atoms with Crippen molar-refractivity contribution < 1.29 is 5.11 Å². The Bertz CT molecular complexity index is 606. The first-order chi connectivity index (χ1) is 10.3. The van der Waals surface area contributed by atoms with Crippen LogP contribution in [-0.2, 0) is 11.8 Å². The maximum atomic E-state index is 9.99. The van der Waals surface area contributed by atoms with E-state index in [-0.39, 0.29) is 10.8 Å². The number of allylic oxidation sites excluding steroid dienone is 1. The molecule has 1 fully saturated rings. The predicted octanol–water partition coefficient (Wildman–Crippen LogP) is 4.48. The molecule has 0 aliphatic heterocycles. The average Bonchev–Trinajstić information content (AvgIpc) is 2.46. The highest BCUT2D eigenvalue weighted by Crippen LogP contribution is 2.59. The summed E-state index contributed by atoms with van der Waals surface area (Å²) in [7, 11) is 4.23. The lowest BCUT2D eigenvalue weighted by atomic mass is 9.49. The molecule has 2 unspecified atom stereocenters. The van der Waals surface area contributed by atoms with E-state index in [9.17, 15) is 5.11 Å². The third-order valence-corrected chi connectivity index (χ3v) is 6.54. The molecule has 0 saturated heterocycles. The zero-order valence-corrected chi connectivity index (χ0v) is 14.4. The summed E-state index contributed by atoms with van der Waals surface area (Å²) in [6, 6.07) is 5.98. The molecule has 2 heteroatoms. The minimum atomic E-state index is 0.151. The number of phenolic OH excluding ortho intramolecular Hbond substituents is 1. The largest absolute Gasteiger partial charge is 0.508 e. The predicted molar refractivity (Wildman–Crippen MR) is 92.1 cm³/mol. The molecule has 0 bridgehead atoms. The van der Waals surface area contributed by atoms with E-state index >= 15 is 0 Å². The first-order valence-electron chi connectivity index (χ1n) is 8.48. The first kappa shape index (κ1) is 15.5. The van der Waals surface area contributed by atoms with Crippen molar-refractivity contribution in [3.05, 3.63) is 41.6 Å². The lowest BCUT2D eigenvalue weighted by Gasteiger charge is -2.57. The summed E-state index contributed by atoms with van der Waals surface area (Å²) in [5, 5.41) is 9.99. The average molecular weight is 299 g/mol. The van der Waals surface area contributed by atoms with Crippen molar-refractivity contribution in [3.63, 3.8) is 0 Å². The Morgan fingerprint density at radius 1 is 1.27 bits per heavy atom. The minimum absolute atomic E-state index is 0.151. The number of aryl methyl sites for hydroxylation is 1. The van der Waals surface area contributed by atoms with E-state index in [1.165, 1.54) is 42.5 Å². The van der Waals surface area contributed by atoms with E-state index in [4.69, 9.17) is 0 Å². The maximum Gasteiger partial charge on any atom is 0.115 e. The molecule has 0 heterocycles. The van der Waals surface area contributed by atoms with Gasteiger partial charge >= 0.3 is 0 Å². The Balaban J connectivity index is 2.09. The second kappa shape index (κ2) is 5.04. The monoisotopic (exact) mass is 299 g/mol. The fourth-order valence-electron chi connectivity index (χ4n) is 5.30. The normalized spacial score (nSPS) is 33.7. The van der Waals surface area contributed by atoms with Gasteiger partial charge in [0, 0.05) is 25.2 Å². The van der Waals surface area contributed by atoms with Crippen molar-refractivity contribution in [2.45, 2.75) is 51.4 Å². The molecule has 1 aromatic rings. The van der Waals surface area contributed by atoms with Crippen LogP contribution in [0.2, 0.25) is 0 Å². The van der Waals surface area contributed by atoms with E-state index in [0.29, 0.717) is 11.7 Å². The maximum absolute atomic E-state index is 9.99. The van der Waals surface area contributed by atoms with E-state index < -0.39 is 0 Å². The van der Waals surface area contributed by atoms with Crippen LogP contribution in [0.25, 0.3) is 0 Å². The zero-order chi connectivity index (χ0) is 16.1. The number of aromatic hydroxyl groups is 1. The van der Waals surface area contributed by atoms with Gasteiger partial charge in [-0.2, -0.15) is 0 Å². The molecule has 0 radical (unpaired) electrons. The van der Waals surface area contributed by atoms with Crippen molar-refractivity contribution >= 4 is 0 Å². The van der Waals surface area contributed by atoms with E-state index in [0.717, 1.165) is 6.42 Å². The molecule has 2 nitrogen and oxygen atoms in total. The Kier molecular flexibility index (Phi) is 3.54. The van der Waals surface area contributed by atoms with Crippen LogP contribution in [0.15, 0.2) is 30.5 Å². The van der Waals surface area contributed by atoms with Gasteiger partial charge in [-0.15, -0.1) is 0 Å². The van der Waals surface area contributed by atoms with Crippen LogP contribution in [0, 0.1) is 11.3 Å². The molecular formula is C20H29NO. The SMILES string of the molecule is C=C(N(C)C)[C@@]1(C)CCCC2(C)c3cc(O)ccc3CCC21. The van der Waals surface area contributed by atoms with E-state index in [1.54, 1.807) is 0 Å². The smallest absolute Gasteiger partial charge is 0.115 e. The molecule has 3 rings (SSSR count). The van der Waals surface area contributed by atoms with Crippen LogP contribution in [-0.4, -0.2) is 24.1 Å². The molecule has 1 saturated carbocycles. The van der Waals surface area contributed by atoms with Gasteiger partial charge in [0.25, 0.3) is 0 Å². The van der Waals surface area contributed by atoms with Crippen molar-refractivity contribution in [1.29, 1.82) is 0 Å². The van der Waals surface area contributed by atoms with Crippen molar-refractivity contribution in [3.8, 4) is 5.75 Å². The summed E-state index contributed by atoms with van der Waals surface area (Å²) in [4.78, 5) is 2.20. The van der Waals surface area contributed by atoms with Crippen LogP contribution in [0.3, 0.4) is 0 Å². The zero-order valence-electron chi connectivity index (χ0n) is 14.4. The van der Waals surface area contributed by atoms with Crippen LogP contribution in [0.5, 0.6) is 5.75 Å². The molecule has 3 atom stereocenters. The summed E-state index contributed by atoms with van der Waals surface area (Å²) >= 11 is 0. The second-order valence-corrected chi connectivity index (χ2v) is 7.96. The van der Waals surface area contributed by atoms with Crippen LogP contribution in [0.1, 0.15) is 50.7 Å². The van der Waals surface area contributed by atoms with Gasteiger partial charge in [-0.3, -0.25) is 0 Å². The topological polar surface area (TPSA) is 23.5 Å². The minimum Gasteiger partial charge on any atom is -0.508 e. The summed E-state index contributed by atoms with van der Waals surface area (Å²) in [6.07, 6.45) is 6.00. The molecule has 2 aliphatic rings. The Morgan fingerprint density at radius 2 is 2.00 bits per heavy atom. The molecule has 22 heavy (non-hydrogen) atoms. The fourth-order valence-corrected chi connectivity index (χ4v) is 5.30. The summed E-state index contributed by atoms with van der Waals surface area (Å²) in [5.41, 5.74) is 4.36. The number of nitrogens with zero attached hydrogens (tertiary/aromatic N) is 1. The standard InChI is InChI=1S/C20H29NO/c1-14(21(4)5)19(2)11-6-12-20(3)17-13-16(22)9-7-15(17)8-10-18(19)20/h7,9,13,18,22H,1,6,8,10-12H2,2-5H3/t18?,19-,20?/m1/s1. The van der Waals surface area contributed by atoms with Gasteiger partial charge in [0.15, 0.2) is 0 Å². The van der Waals surface area contributed by atoms with Crippen molar-refractivity contribution in [1.82, 2.24) is 4.90 Å². The molecular weight excluding hydrogens is 270 g/mol. The third kappa shape index (κ3) is 2.07. The molecule has 1 N–H and O–H groups in total. The second-order valence-electron chi connectivity index (χ2n) is 7.96. The van der Waals surface area contributed by atoms with Gasteiger partial charge in [0.2, 0.25) is 0 Å². The van der Waals surface area contributed by atoms with Gasteiger partial charge in [0.1, 0.15) is 5.75 Å². The Labute approximate surface area is 134 Å². The number of fused-ring (bicyclic) bond motifs is 3. The van der Waals surface area contributed by atoms with Gasteiger partial charge in [-0.05, 0) is 60.3 Å². The molecule has 1 aromatic carbocycles. The Morgan fingerprint density at radius 3 is 2.68 bits per heavy atom. The highest BCUT2D eigenvalue weighted by molar-refractivity contribution is 5.44. The fraction of sp³-hybridized carbons (Fsp3) is 0.600. The number of rotatable bonds is 2. The van der Waals surface area contributed by atoms with Crippen molar-refractivity contribution in [2.75, 3.05) is 14.1 Å². The molecule has 0 aromatic heterocycles. The van der Waals surface area contributed by atoms with Crippen molar-refractivity contribution in [2.24, 2.45) is 11.3 Å². The van der Waals surface area contributed by atoms with Gasteiger partial charge in [0.05, 0.1) is 0 Å². The summed E-state index contributed by atoms with van der Waals surface area (Å²) < 4.78 is 0. The molecule has 0 amide bonds. The summed E-state index contributed by atoms with van der Waals surface area (Å²) in [6.45, 7) is 9.24. The lowest BCUT2D eigenvalue weighted by molar-refractivity contribution is 0.0378. The third-order valence-electron chi connectivity index (χ3n) is 6.54. The van der Waals surface area contributed by atoms with Crippen LogP contribution >= 0.6 is 0 Å². The van der Waals surface area contributed by atoms with Gasteiger partial charge in [-0.1, -0.05) is 32.9 Å². The number of phenols is 1. The van der Waals surface area contributed by atoms with Crippen LogP contribution < -0.4 is 0 Å². The number of hydrogen-bond acceptors (Lipinski definition) is 2. The molecule has 2 aliphatic carbocycles. The first-order valence-corrected chi connectivity index (χ1v) is 8.48. The highest BCUT2D eigenvalue weighted by Gasteiger charge is 2.53. The lowest BCUT2D eigenvalue weighted by Crippen LogP contribution is -2.51. The van der Waals surface area contributed by atoms with E-state index in [2.05, 4.69) is 45.5 Å². The molecule has 0 spiro atoms. The van der Waals surface area contributed by atoms with Crippen LogP contribution in [0.4, 0.5) is 0 Å². The number of hydrogen-bond donors (Lipinski definition) is 1. The van der Waals surface area contributed by atoms with Gasteiger partial charge < -0.3 is 10.0 Å². The quantitative estimate of drug-likeness (QED) is 0.870. The summed E-state index contributed by atoms with van der Waals surface area (Å²) in [5.74, 6) is 0.997. The molecule has 120 valence electrons. The number of benzene rings is 1. The Hall–Kier alpha value is -1.44. The van der Waals surface area contributed by atoms with E-state index in [1.807, 2.05) is 12.1 Å². The van der Waals surface area contributed by atoms with Gasteiger partial charge in [-0.25, -0.2) is 0 Å². The highest BCUT2D eigenvalue weighted by atomic mass is 16.3.